The molecule has 1 aromatic heterocycles. The molecule has 17 heavy (non-hydrogen) atoms. The van der Waals surface area contributed by atoms with Gasteiger partial charge in [0, 0.05) is 6.42 Å². The van der Waals surface area contributed by atoms with Crippen molar-refractivity contribution in [2.75, 3.05) is 6.79 Å². The molecule has 0 atom stereocenters. The van der Waals surface area contributed by atoms with Gasteiger partial charge in [-0.15, -0.1) is 0 Å². The maximum absolute atomic E-state index is 11.0. The maximum atomic E-state index is 11.0. The molecule has 2 aromatic rings. The lowest BCUT2D eigenvalue weighted by atomic mass is 10.1. The van der Waals surface area contributed by atoms with E-state index in [4.69, 9.17) is 9.84 Å². The molecule has 0 saturated heterocycles. The number of aliphatic hydroxyl groups excluding tert-OH is 1. The first-order valence-corrected chi connectivity index (χ1v) is 5.74. The Balaban J connectivity index is 2.13. The van der Waals surface area contributed by atoms with Crippen molar-refractivity contribution in [3.63, 3.8) is 0 Å². The standard InChI is InChI=1S/C11H11NO4S/c13-6-16-8-3-1-7(2-4-8)5-9-10(14)12-11(15)17-9/h1-4,13-14H,5-6H2,(H,12,15). The van der Waals surface area contributed by atoms with E-state index >= 15 is 0 Å². The second-order valence-electron chi connectivity index (χ2n) is 3.38. The summed E-state index contributed by atoms with van der Waals surface area (Å²) in [5, 5.41) is 18.0. The third kappa shape index (κ3) is 2.86. The van der Waals surface area contributed by atoms with Crippen molar-refractivity contribution in [3.05, 3.63) is 44.4 Å². The summed E-state index contributed by atoms with van der Waals surface area (Å²) in [5.74, 6) is 0.499. The summed E-state index contributed by atoms with van der Waals surface area (Å²) in [7, 11) is 0. The van der Waals surface area contributed by atoms with E-state index in [-0.39, 0.29) is 17.5 Å². The lowest BCUT2D eigenvalue weighted by Crippen LogP contribution is -1.94. The monoisotopic (exact) mass is 253 g/mol. The molecule has 0 fully saturated rings. The second-order valence-corrected chi connectivity index (χ2v) is 4.45. The molecular formula is C11H11NO4S. The minimum absolute atomic E-state index is 0.0734. The van der Waals surface area contributed by atoms with Crippen LogP contribution in [0.25, 0.3) is 0 Å². The van der Waals surface area contributed by atoms with E-state index in [0.29, 0.717) is 17.0 Å². The van der Waals surface area contributed by atoms with Crippen molar-refractivity contribution in [1.82, 2.24) is 4.98 Å². The third-order valence-electron chi connectivity index (χ3n) is 2.22. The van der Waals surface area contributed by atoms with Crippen molar-refractivity contribution >= 4 is 11.3 Å². The minimum Gasteiger partial charge on any atom is -0.494 e. The van der Waals surface area contributed by atoms with Gasteiger partial charge in [-0.3, -0.25) is 9.78 Å². The van der Waals surface area contributed by atoms with Gasteiger partial charge in [0.25, 0.3) is 0 Å². The summed E-state index contributed by atoms with van der Waals surface area (Å²) in [6, 6.07) is 7.07. The van der Waals surface area contributed by atoms with Gasteiger partial charge < -0.3 is 14.9 Å². The zero-order valence-corrected chi connectivity index (χ0v) is 9.66. The highest BCUT2D eigenvalue weighted by molar-refractivity contribution is 7.09. The van der Waals surface area contributed by atoms with Crippen LogP contribution in [0.1, 0.15) is 10.4 Å². The molecule has 0 aliphatic heterocycles. The molecule has 0 amide bonds. The summed E-state index contributed by atoms with van der Waals surface area (Å²) < 4.78 is 4.89. The maximum Gasteiger partial charge on any atom is 0.307 e. The summed E-state index contributed by atoms with van der Waals surface area (Å²) in [6.45, 7) is -0.362. The Morgan fingerprint density at radius 3 is 2.53 bits per heavy atom. The molecule has 0 unspecified atom stereocenters. The molecule has 0 spiro atoms. The van der Waals surface area contributed by atoms with E-state index in [1.807, 2.05) is 12.1 Å². The van der Waals surface area contributed by atoms with E-state index in [1.165, 1.54) is 0 Å². The topological polar surface area (TPSA) is 82.6 Å². The molecule has 0 aliphatic rings. The molecular weight excluding hydrogens is 242 g/mol. The van der Waals surface area contributed by atoms with Crippen LogP contribution in [-0.2, 0) is 6.42 Å². The van der Waals surface area contributed by atoms with Crippen LogP contribution in [0.2, 0.25) is 0 Å². The quantitative estimate of drug-likeness (QED) is 0.711. The zero-order valence-electron chi connectivity index (χ0n) is 8.84. The van der Waals surface area contributed by atoms with Crippen LogP contribution in [0.15, 0.2) is 29.1 Å². The number of aromatic nitrogens is 1. The first-order chi connectivity index (χ1) is 8.19. The fourth-order valence-electron chi connectivity index (χ4n) is 1.44. The Labute approximate surface area is 101 Å². The number of hydrogen-bond donors (Lipinski definition) is 3. The fourth-order valence-corrected chi connectivity index (χ4v) is 2.19. The van der Waals surface area contributed by atoms with Gasteiger partial charge in [0.2, 0.25) is 5.88 Å². The van der Waals surface area contributed by atoms with Crippen molar-refractivity contribution in [3.8, 4) is 11.6 Å². The van der Waals surface area contributed by atoms with Gasteiger partial charge in [0.15, 0.2) is 6.79 Å². The Morgan fingerprint density at radius 2 is 2.00 bits per heavy atom. The average Bonchev–Trinajstić information content (AvgIpc) is 2.61. The molecule has 0 aliphatic carbocycles. The lowest BCUT2D eigenvalue weighted by molar-refractivity contribution is 0.0985. The summed E-state index contributed by atoms with van der Waals surface area (Å²) in [6.07, 6.45) is 0.481. The lowest BCUT2D eigenvalue weighted by Gasteiger charge is -2.03. The molecule has 2 rings (SSSR count). The van der Waals surface area contributed by atoms with Crippen molar-refractivity contribution in [2.24, 2.45) is 0 Å². The van der Waals surface area contributed by atoms with Crippen LogP contribution in [0, 0.1) is 0 Å². The van der Waals surface area contributed by atoms with Crippen molar-refractivity contribution < 1.29 is 14.9 Å². The van der Waals surface area contributed by atoms with E-state index in [9.17, 15) is 9.90 Å². The first kappa shape index (κ1) is 11.7. The van der Waals surface area contributed by atoms with Gasteiger partial charge in [-0.2, -0.15) is 0 Å². The summed E-state index contributed by atoms with van der Waals surface area (Å²) in [4.78, 5) is 13.7. The number of benzene rings is 1. The van der Waals surface area contributed by atoms with Crippen LogP contribution in [0.5, 0.6) is 11.6 Å². The Hall–Kier alpha value is -1.79. The highest BCUT2D eigenvalue weighted by Crippen LogP contribution is 2.21. The Bertz CT molecular complexity index is 543. The number of ether oxygens (including phenoxy) is 1. The number of H-pyrrole nitrogens is 1. The van der Waals surface area contributed by atoms with E-state index in [1.54, 1.807) is 12.1 Å². The number of rotatable bonds is 4. The van der Waals surface area contributed by atoms with Gasteiger partial charge >= 0.3 is 4.87 Å². The summed E-state index contributed by atoms with van der Waals surface area (Å²) >= 11 is 0.991. The fraction of sp³-hybridized carbons (Fsp3) is 0.182. The molecule has 6 heteroatoms. The average molecular weight is 253 g/mol. The van der Waals surface area contributed by atoms with E-state index in [2.05, 4.69) is 4.98 Å². The molecule has 0 saturated carbocycles. The molecule has 1 aromatic carbocycles. The van der Waals surface area contributed by atoms with Gasteiger partial charge in [0.1, 0.15) is 5.75 Å². The van der Waals surface area contributed by atoms with Crippen LogP contribution in [0.4, 0.5) is 0 Å². The van der Waals surface area contributed by atoms with E-state index in [0.717, 1.165) is 16.9 Å². The number of nitrogens with one attached hydrogen (secondary N) is 1. The van der Waals surface area contributed by atoms with Gasteiger partial charge in [-0.05, 0) is 17.7 Å². The predicted molar refractivity (Wildman–Crippen MR) is 63.6 cm³/mol. The van der Waals surface area contributed by atoms with Crippen molar-refractivity contribution in [2.45, 2.75) is 6.42 Å². The number of aromatic amines is 1. The van der Waals surface area contributed by atoms with Crippen LogP contribution >= 0.6 is 11.3 Å². The van der Waals surface area contributed by atoms with Crippen LogP contribution < -0.4 is 9.61 Å². The van der Waals surface area contributed by atoms with E-state index < -0.39 is 0 Å². The number of aliphatic hydroxyl groups is 1. The molecule has 1 heterocycles. The molecule has 90 valence electrons. The number of aromatic hydroxyl groups is 1. The highest BCUT2D eigenvalue weighted by atomic mass is 32.1. The second kappa shape index (κ2) is 5.03. The number of hydrogen-bond acceptors (Lipinski definition) is 5. The summed E-state index contributed by atoms with van der Waals surface area (Å²) in [5.41, 5.74) is 0.945. The van der Waals surface area contributed by atoms with Gasteiger partial charge in [-0.1, -0.05) is 23.5 Å². The zero-order chi connectivity index (χ0) is 12.3. The minimum atomic E-state index is -0.362. The molecule has 0 bridgehead atoms. The highest BCUT2D eigenvalue weighted by Gasteiger charge is 2.07. The molecule has 0 radical (unpaired) electrons. The van der Waals surface area contributed by atoms with Gasteiger partial charge in [0.05, 0.1) is 4.88 Å². The normalized spacial score (nSPS) is 10.4. The van der Waals surface area contributed by atoms with Crippen LogP contribution in [0.3, 0.4) is 0 Å². The SMILES string of the molecule is O=c1[nH]c(O)c(Cc2ccc(OCO)cc2)s1. The van der Waals surface area contributed by atoms with Gasteiger partial charge in [-0.25, -0.2) is 0 Å². The largest absolute Gasteiger partial charge is 0.494 e. The van der Waals surface area contributed by atoms with Crippen LogP contribution in [-0.4, -0.2) is 22.0 Å². The Morgan fingerprint density at radius 1 is 1.29 bits per heavy atom. The smallest absolute Gasteiger partial charge is 0.307 e. The molecule has 3 N–H and O–H groups in total. The third-order valence-corrected chi connectivity index (χ3v) is 3.09. The number of thiazole rings is 1. The Kier molecular flexibility index (Phi) is 3.46. The first-order valence-electron chi connectivity index (χ1n) is 4.92. The predicted octanol–water partition coefficient (Wildman–Crippen LogP) is 1.06. The molecule has 5 nitrogen and oxygen atoms in total. The van der Waals surface area contributed by atoms with Crippen molar-refractivity contribution in [1.29, 1.82) is 0 Å².